The predicted molar refractivity (Wildman–Crippen MR) is 53.5 cm³/mol. The minimum Gasteiger partial charge on any atom is -0.338 e. The van der Waals surface area contributed by atoms with E-state index in [9.17, 15) is 4.79 Å². The first-order chi connectivity index (χ1) is 6.75. The molecular formula is C11H18N2O. The number of likely N-dealkylation sites (tertiary alicyclic amines) is 1. The Balaban J connectivity index is 1.75. The van der Waals surface area contributed by atoms with Crippen molar-refractivity contribution in [3.63, 3.8) is 0 Å². The smallest absolute Gasteiger partial charge is 0.239 e. The summed E-state index contributed by atoms with van der Waals surface area (Å²) in [5.74, 6) is 1.92. The molecule has 3 heteroatoms. The van der Waals surface area contributed by atoms with Crippen LogP contribution in [-0.4, -0.2) is 29.4 Å². The summed E-state index contributed by atoms with van der Waals surface area (Å²) in [5.41, 5.74) is 5.74. The summed E-state index contributed by atoms with van der Waals surface area (Å²) >= 11 is 0. The van der Waals surface area contributed by atoms with E-state index in [0.717, 1.165) is 24.8 Å². The van der Waals surface area contributed by atoms with E-state index in [0.29, 0.717) is 6.04 Å². The van der Waals surface area contributed by atoms with Crippen LogP contribution in [0.4, 0.5) is 0 Å². The molecule has 14 heavy (non-hydrogen) atoms. The van der Waals surface area contributed by atoms with E-state index in [-0.39, 0.29) is 11.9 Å². The van der Waals surface area contributed by atoms with Gasteiger partial charge in [-0.05, 0) is 37.5 Å². The predicted octanol–water partition coefficient (Wildman–Crippen LogP) is 0.735. The minimum absolute atomic E-state index is 0.200. The van der Waals surface area contributed by atoms with Crippen LogP contribution in [-0.2, 0) is 4.79 Å². The van der Waals surface area contributed by atoms with Crippen LogP contribution in [0.1, 0.15) is 32.1 Å². The van der Waals surface area contributed by atoms with Crippen LogP contribution in [0.15, 0.2) is 0 Å². The molecule has 3 aliphatic rings. The van der Waals surface area contributed by atoms with Crippen molar-refractivity contribution in [2.45, 2.75) is 44.2 Å². The van der Waals surface area contributed by atoms with Crippen LogP contribution >= 0.6 is 0 Å². The van der Waals surface area contributed by atoms with E-state index < -0.39 is 0 Å². The van der Waals surface area contributed by atoms with Gasteiger partial charge in [0.05, 0.1) is 6.04 Å². The number of nitrogens with zero attached hydrogens (tertiary/aromatic N) is 1. The topological polar surface area (TPSA) is 46.3 Å². The SMILES string of the molecule is NC1CCN(C2CC3CCC2C3)C1=O. The molecule has 0 radical (unpaired) electrons. The quantitative estimate of drug-likeness (QED) is 0.669. The number of rotatable bonds is 1. The van der Waals surface area contributed by atoms with Gasteiger partial charge >= 0.3 is 0 Å². The van der Waals surface area contributed by atoms with Crippen molar-refractivity contribution in [3.8, 4) is 0 Å². The molecular weight excluding hydrogens is 176 g/mol. The molecule has 2 bridgehead atoms. The van der Waals surface area contributed by atoms with Crippen molar-refractivity contribution in [3.05, 3.63) is 0 Å². The molecule has 78 valence electrons. The zero-order valence-corrected chi connectivity index (χ0v) is 8.48. The largest absolute Gasteiger partial charge is 0.338 e. The summed E-state index contributed by atoms with van der Waals surface area (Å²) in [6, 6.07) is 0.351. The maximum Gasteiger partial charge on any atom is 0.239 e. The summed E-state index contributed by atoms with van der Waals surface area (Å²) in [4.78, 5) is 13.8. The Morgan fingerprint density at radius 3 is 2.57 bits per heavy atom. The summed E-state index contributed by atoms with van der Waals surface area (Å²) in [6.45, 7) is 0.911. The molecule has 1 aliphatic heterocycles. The van der Waals surface area contributed by atoms with Crippen LogP contribution in [0.25, 0.3) is 0 Å². The maximum absolute atomic E-state index is 11.8. The Labute approximate surface area is 84.6 Å². The minimum atomic E-state index is -0.200. The lowest BCUT2D eigenvalue weighted by Crippen LogP contribution is -2.43. The van der Waals surface area contributed by atoms with Crippen LogP contribution in [0, 0.1) is 11.8 Å². The van der Waals surface area contributed by atoms with E-state index in [4.69, 9.17) is 5.73 Å². The first-order valence-electron chi connectivity index (χ1n) is 5.82. The summed E-state index contributed by atoms with van der Waals surface area (Å²) in [7, 11) is 0. The zero-order valence-electron chi connectivity index (χ0n) is 8.48. The molecule has 4 unspecified atom stereocenters. The monoisotopic (exact) mass is 194 g/mol. The molecule has 2 N–H and O–H groups in total. The van der Waals surface area contributed by atoms with Crippen LogP contribution in [0.5, 0.6) is 0 Å². The van der Waals surface area contributed by atoms with Gasteiger partial charge in [-0.3, -0.25) is 4.79 Å². The van der Waals surface area contributed by atoms with Gasteiger partial charge < -0.3 is 10.6 Å². The van der Waals surface area contributed by atoms with E-state index >= 15 is 0 Å². The fraction of sp³-hybridized carbons (Fsp3) is 0.909. The fourth-order valence-corrected chi connectivity index (χ4v) is 3.65. The highest BCUT2D eigenvalue weighted by Gasteiger charge is 2.45. The number of amides is 1. The Kier molecular flexibility index (Phi) is 1.84. The fourth-order valence-electron chi connectivity index (χ4n) is 3.65. The third-order valence-electron chi connectivity index (χ3n) is 4.38. The van der Waals surface area contributed by atoms with Crippen molar-refractivity contribution in [2.24, 2.45) is 17.6 Å². The molecule has 0 aromatic carbocycles. The van der Waals surface area contributed by atoms with Crippen LogP contribution in [0.3, 0.4) is 0 Å². The van der Waals surface area contributed by atoms with Gasteiger partial charge in [0.2, 0.25) is 5.91 Å². The Morgan fingerprint density at radius 2 is 2.07 bits per heavy atom. The zero-order chi connectivity index (χ0) is 9.71. The number of carbonyl (C=O) groups excluding carboxylic acids is 1. The van der Waals surface area contributed by atoms with Crippen molar-refractivity contribution in [2.75, 3.05) is 6.54 Å². The van der Waals surface area contributed by atoms with E-state index in [1.165, 1.54) is 25.7 Å². The number of hydrogen-bond donors (Lipinski definition) is 1. The van der Waals surface area contributed by atoms with Gasteiger partial charge in [-0.15, -0.1) is 0 Å². The highest BCUT2D eigenvalue weighted by atomic mass is 16.2. The number of hydrogen-bond acceptors (Lipinski definition) is 2. The maximum atomic E-state index is 11.8. The molecule has 0 aromatic heterocycles. The van der Waals surface area contributed by atoms with Crippen molar-refractivity contribution < 1.29 is 4.79 Å². The first-order valence-corrected chi connectivity index (χ1v) is 5.82. The Hall–Kier alpha value is -0.570. The lowest BCUT2D eigenvalue weighted by molar-refractivity contribution is -0.131. The Bertz CT molecular complexity index is 266. The van der Waals surface area contributed by atoms with Crippen molar-refractivity contribution >= 4 is 5.91 Å². The summed E-state index contributed by atoms with van der Waals surface area (Å²) in [5, 5.41) is 0. The molecule has 3 rings (SSSR count). The van der Waals surface area contributed by atoms with E-state index in [1.54, 1.807) is 0 Å². The van der Waals surface area contributed by atoms with Gasteiger partial charge in [-0.2, -0.15) is 0 Å². The molecule has 1 saturated heterocycles. The molecule has 3 fully saturated rings. The third kappa shape index (κ3) is 1.11. The number of fused-ring (bicyclic) bond motifs is 2. The van der Waals surface area contributed by atoms with Gasteiger partial charge in [0.25, 0.3) is 0 Å². The van der Waals surface area contributed by atoms with Gasteiger partial charge in [-0.1, -0.05) is 6.42 Å². The van der Waals surface area contributed by atoms with Crippen molar-refractivity contribution in [1.29, 1.82) is 0 Å². The highest BCUT2D eigenvalue weighted by Crippen LogP contribution is 2.47. The van der Waals surface area contributed by atoms with Gasteiger partial charge in [0.1, 0.15) is 0 Å². The summed E-state index contributed by atoms with van der Waals surface area (Å²) in [6.07, 6.45) is 6.23. The third-order valence-corrected chi connectivity index (χ3v) is 4.38. The van der Waals surface area contributed by atoms with Gasteiger partial charge in [0.15, 0.2) is 0 Å². The summed E-state index contributed by atoms with van der Waals surface area (Å²) < 4.78 is 0. The average Bonchev–Trinajstić information content (AvgIpc) is 2.84. The highest BCUT2D eigenvalue weighted by molar-refractivity contribution is 5.84. The average molecular weight is 194 g/mol. The normalized spacial score (nSPS) is 46.6. The van der Waals surface area contributed by atoms with Crippen LogP contribution in [0.2, 0.25) is 0 Å². The number of carbonyl (C=O) groups is 1. The van der Waals surface area contributed by atoms with Gasteiger partial charge in [0, 0.05) is 12.6 Å². The first kappa shape index (κ1) is 8.72. The lowest BCUT2D eigenvalue weighted by Gasteiger charge is -2.31. The second kappa shape index (κ2) is 2.96. The standard InChI is InChI=1S/C11H18N2O/c12-9-3-4-13(11(9)14)10-6-7-1-2-8(10)5-7/h7-10H,1-6,12H2. The van der Waals surface area contributed by atoms with Crippen molar-refractivity contribution in [1.82, 2.24) is 4.90 Å². The molecule has 3 nitrogen and oxygen atoms in total. The van der Waals surface area contributed by atoms with E-state index in [1.807, 2.05) is 0 Å². The van der Waals surface area contributed by atoms with Gasteiger partial charge in [-0.25, -0.2) is 0 Å². The second-order valence-corrected chi connectivity index (χ2v) is 5.17. The molecule has 1 heterocycles. The molecule has 0 aromatic rings. The van der Waals surface area contributed by atoms with E-state index in [2.05, 4.69) is 4.90 Å². The molecule has 4 atom stereocenters. The Morgan fingerprint density at radius 1 is 1.21 bits per heavy atom. The van der Waals surface area contributed by atoms with Crippen LogP contribution < -0.4 is 5.73 Å². The lowest BCUT2D eigenvalue weighted by atomic mass is 9.94. The molecule has 2 saturated carbocycles. The molecule has 2 aliphatic carbocycles. The second-order valence-electron chi connectivity index (χ2n) is 5.17. The molecule has 0 spiro atoms. The number of nitrogens with two attached hydrogens (primary N) is 1. The molecule has 1 amide bonds.